The van der Waals surface area contributed by atoms with Crippen molar-refractivity contribution in [1.29, 1.82) is 0 Å². The molecule has 1 aliphatic heterocycles. The number of nitrogens with two attached hydrogens (primary N) is 1. The molecule has 1 aromatic rings. The summed E-state index contributed by atoms with van der Waals surface area (Å²) in [4.78, 5) is 18.5. The van der Waals surface area contributed by atoms with E-state index in [0.717, 1.165) is 12.8 Å². The molecule has 1 aliphatic rings. The number of thiocarbonyl (C=S) groups is 1. The average Bonchev–Trinajstić information content (AvgIpc) is 2.68. The lowest BCUT2D eigenvalue weighted by atomic mass is 9.97. The van der Waals surface area contributed by atoms with E-state index in [1.54, 1.807) is 0 Å². The normalized spacial score (nSPS) is 16.6. The first-order valence-corrected chi connectivity index (χ1v) is 7.79. The molecule has 0 aromatic carbocycles. The first kappa shape index (κ1) is 14.9. The highest BCUT2D eigenvalue weighted by Gasteiger charge is 2.24. The number of carbonyl (C=O) groups is 1. The maximum Gasteiger partial charge on any atom is 0.244 e. The van der Waals surface area contributed by atoms with Gasteiger partial charge in [0.15, 0.2) is 4.73 Å². The van der Waals surface area contributed by atoms with Gasteiger partial charge in [-0.3, -0.25) is 4.79 Å². The molecule has 0 aliphatic carbocycles. The van der Waals surface area contributed by atoms with Gasteiger partial charge in [0, 0.05) is 19.0 Å². The Bertz CT molecular complexity index is 498. The molecule has 6 nitrogen and oxygen atoms in total. The van der Waals surface area contributed by atoms with Crippen molar-refractivity contribution in [1.82, 2.24) is 19.7 Å². The highest BCUT2D eigenvalue weighted by atomic mass is 79.9. The molecule has 19 heavy (non-hydrogen) atoms. The Kier molecular flexibility index (Phi) is 4.91. The molecule has 0 spiro atoms. The second-order valence-corrected chi connectivity index (χ2v) is 6.25. The average molecular weight is 411 g/mol. The van der Waals surface area contributed by atoms with Gasteiger partial charge in [0.1, 0.15) is 6.54 Å². The molecule has 2 N–H and O–H groups in total. The summed E-state index contributed by atoms with van der Waals surface area (Å²) < 4.78 is 2.51. The summed E-state index contributed by atoms with van der Waals surface area (Å²) in [7, 11) is 0. The number of aromatic nitrogens is 3. The quantitative estimate of drug-likeness (QED) is 0.760. The van der Waals surface area contributed by atoms with Crippen LogP contribution in [-0.4, -0.2) is 43.6 Å². The Balaban J connectivity index is 1.91. The van der Waals surface area contributed by atoms with Crippen LogP contribution in [0.3, 0.4) is 0 Å². The predicted octanol–water partition coefficient (Wildman–Crippen LogP) is 1.33. The minimum Gasteiger partial charge on any atom is -0.393 e. The molecule has 1 aromatic heterocycles. The fourth-order valence-electron chi connectivity index (χ4n) is 2.04. The molecular weight excluding hydrogens is 398 g/mol. The standard InChI is InChI=1S/C10H13Br2N5OS/c11-9-14-10(12)17(15-9)5-7(18)16-3-1-6(2-4-16)8(13)19/h6H,1-5H2,(H2,13,19). The van der Waals surface area contributed by atoms with Gasteiger partial charge in [-0.15, -0.1) is 5.10 Å². The molecule has 2 heterocycles. The number of halogens is 2. The third-order valence-electron chi connectivity index (χ3n) is 3.14. The monoisotopic (exact) mass is 409 g/mol. The van der Waals surface area contributed by atoms with Gasteiger partial charge < -0.3 is 10.6 Å². The number of rotatable bonds is 3. The van der Waals surface area contributed by atoms with Crippen molar-refractivity contribution >= 4 is 55.0 Å². The van der Waals surface area contributed by atoms with Crippen LogP contribution in [0.15, 0.2) is 9.47 Å². The van der Waals surface area contributed by atoms with E-state index in [1.807, 2.05) is 4.90 Å². The molecule has 0 radical (unpaired) electrons. The van der Waals surface area contributed by atoms with Crippen LogP contribution in [0.25, 0.3) is 0 Å². The second-order valence-electron chi connectivity index (χ2n) is 4.36. The lowest BCUT2D eigenvalue weighted by Crippen LogP contribution is -2.42. The lowest BCUT2D eigenvalue weighted by molar-refractivity contribution is -0.133. The molecule has 104 valence electrons. The number of piperidine rings is 1. The Hall–Kier alpha value is -0.540. The maximum atomic E-state index is 12.1. The number of hydrogen-bond donors (Lipinski definition) is 1. The van der Waals surface area contributed by atoms with Crippen molar-refractivity contribution in [2.24, 2.45) is 11.7 Å². The molecule has 0 unspecified atom stereocenters. The molecule has 1 fully saturated rings. The van der Waals surface area contributed by atoms with Crippen LogP contribution >= 0.6 is 44.1 Å². The van der Waals surface area contributed by atoms with E-state index in [-0.39, 0.29) is 18.4 Å². The van der Waals surface area contributed by atoms with E-state index in [0.29, 0.717) is 27.5 Å². The fourth-order valence-corrected chi connectivity index (χ4v) is 3.24. The Morgan fingerprint density at radius 1 is 1.42 bits per heavy atom. The van der Waals surface area contributed by atoms with Gasteiger partial charge in [-0.1, -0.05) is 12.2 Å². The minimum absolute atomic E-state index is 0.0273. The second kappa shape index (κ2) is 6.27. The molecule has 2 rings (SSSR count). The maximum absolute atomic E-state index is 12.1. The van der Waals surface area contributed by atoms with Gasteiger partial charge in [0.05, 0.1) is 4.99 Å². The first-order chi connectivity index (χ1) is 8.97. The van der Waals surface area contributed by atoms with Gasteiger partial charge in [0.25, 0.3) is 0 Å². The summed E-state index contributed by atoms with van der Waals surface area (Å²) in [5.74, 6) is 0.283. The zero-order valence-electron chi connectivity index (χ0n) is 10.1. The van der Waals surface area contributed by atoms with Crippen LogP contribution in [0.1, 0.15) is 12.8 Å². The van der Waals surface area contributed by atoms with Crippen LogP contribution in [0.2, 0.25) is 0 Å². The van der Waals surface area contributed by atoms with Crippen LogP contribution in [0, 0.1) is 5.92 Å². The van der Waals surface area contributed by atoms with E-state index < -0.39 is 0 Å². The van der Waals surface area contributed by atoms with Gasteiger partial charge >= 0.3 is 0 Å². The van der Waals surface area contributed by atoms with Gasteiger partial charge in [0.2, 0.25) is 10.6 Å². The summed E-state index contributed by atoms with van der Waals surface area (Å²) in [5.41, 5.74) is 5.63. The Labute approximate surface area is 133 Å². The first-order valence-electron chi connectivity index (χ1n) is 5.80. The van der Waals surface area contributed by atoms with Crippen LogP contribution in [-0.2, 0) is 11.3 Å². The van der Waals surface area contributed by atoms with Crippen molar-refractivity contribution in [3.63, 3.8) is 0 Å². The number of nitrogens with zero attached hydrogens (tertiary/aromatic N) is 4. The number of likely N-dealkylation sites (tertiary alicyclic amines) is 1. The van der Waals surface area contributed by atoms with Crippen LogP contribution < -0.4 is 5.73 Å². The Morgan fingerprint density at radius 2 is 2.05 bits per heavy atom. The SMILES string of the molecule is NC(=S)C1CCN(C(=O)Cn2nc(Br)nc2Br)CC1. The van der Waals surface area contributed by atoms with Crippen molar-refractivity contribution < 1.29 is 4.79 Å². The van der Waals surface area contributed by atoms with Crippen LogP contribution in [0.5, 0.6) is 0 Å². The van der Waals surface area contributed by atoms with E-state index in [9.17, 15) is 4.79 Å². The zero-order chi connectivity index (χ0) is 14.0. The van der Waals surface area contributed by atoms with Crippen molar-refractivity contribution in [2.75, 3.05) is 13.1 Å². The minimum atomic E-state index is 0.0273. The number of hydrogen-bond acceptors (Lipinski definition) is 4. The molecule has 1 amide bonds. The van der Waals surface area contributed by atoms with Crippen molar-refractivity contribution in [2.45, 2.75) is 19.4 Å². The fraction of sp³-hybridized carbons (Fsp3) is 0.600. The Morgan fingerprint density at radius 3 is 2.53 bits per heavy atom. The predicted molar refractivity (Wildman–Crippen MR) is 81.5 cm³/mol. The van der Waals surface area contributed by atoms with Crippen LogP contribution in [0.4, 0.5) is 0 Å². The topological polar surface area (TPSA) is 77.0 Å². The van der Waals surface area contributed by atoms with E-state index in [2.05, 4.69) is 41.9 Å². The summed E-state index contributed by atoms with van der Waals surface area (Å²) in [6.45, 7) is 1.56. The van der Waals surface area contributed by atoms with Crippen molar-refractivity contribution in [3.05, 3.63) is 9.47 Å². The lowest BCUT2D eigenvalue weighted by Gasteiger charge is -2.31. The summed E-state index contributed by atoms with van der Waals surface area (Å²) in [5, 5.41) is 4.08. The highest BCUT2D eigenvalue weighted by Crippen LogP contribution is 2.18. The number of carbonyl (C=O) groups excluding carboxylic acids is 1. The molecular formula is C10H13Br2N5OS. The summed E-state index contributed by atoms with van der Waals surface area (Å²) >= 11 is 11.4. The molecule has 1 saturated heterocycles. The van der Waals surface area contributed by atoms with Gasteiger partial charge in [-0.05, 0) is 44.7 Å². The highest BCUT2D eigenvalue weighted by molar-refractivity contribution is 9.11. The largest absolute Gasteiger partial charge is 0.393 e. The van der Waals surface area contributed by atoms with E-state index in [4.69, 9.17) is 18.0 Å². The van der Waals surface area contributed by atoms with Crippen molar-refractivity contribution in [3.8, 4) is 0 Å². The zero-order valence-corrected chi connectivity index (χ0v) is 14.0. The van der Waals surface area contributed by atoms with Gasteiger partial charge in [-0.25, -0.2) is 4.68 Å². The molecule has 0 saturated carbocycles. The molecule has 0 bridgehead atoms. The molecule has 0 atom stereocenters. The van der Waals surface area contributed by atoms with E-state index >= 15 is 0 Å². The molecule has 9 heteroatoms. The third kappa shape index (κ3) is 3.73. The van der Waals surface area contributed by atoms with E-state index in [1.165, 1.54) is 4.68 Å². The smallest absolute Gasteiger partial charge is 0.244 e. The number of amides is 1. The summed E-state index contributed by atoms with van der Waals surface area (Å²) in [6.07, 6.45) is 1.67. The van der Waals surface area contributed by atoms with Gasteiger partial charge in [-0.2, -0.15) is 4.98 Å². The third-order valence-corrected chi connectivity index (χ3v) is 4.39. The summed E-state index contributed by atoms with van der Waals surface area (Å²) in [6, 6.07) is 0.